The van der Waals surface area contributed by atoms with Crippen molar-refractivity contribution < 1.29 is 0 Å². The molecule has 0 bridgehead atoms. The topological polar surface area (TPSA) is 15.8 Å². The molecule has 1 aromatic heterocycles. The fraction of sp³-hybridized carbons (Fsp3) is 0.120. The molecule has 0 amide bonds. The van der Waals surface area contributed by atoms with E-state index in [-0.39, 0.29) is 0 Å². The Kier molecular flexibility index (Phi) is 3.36. The van der Waals surface area contributed by atoms with Gasteiger partial charge in [0.15, 0.2) is 0 Å². The van der Waals surface area contributed by atoms with Crippen LogP contribution in [0.3, 0.4) is 0 Å². The van der Waals surface area contributed by atoms with Crippen LogP contribution >= 0.6 is 0 Å². The number of benzene rings is 4. The van der Waals surface area contributed by atoms with Crippen molar-refractivity contribution in [2.24, 2.45) is 0 Å². The predicted molar refractivity (Wildman–Crippen MR) is 113 cm³/mol. The van der Waals surface area contributed by atoms with Gasteiger partial charge in [0.2, 0.25) is 0 Å². The van der Waals surface area contributed by atoms with Gasteiger partial charge in [0.05, 0.1) is 5.52 Å². The first-order valence-electron chi connectivity index (χ1n) is 9.25. The second-order valence-electron chi connectivity index (χ2n) is 7.30. The molecule has 0 aliphatic carbocycles. The van der Waals surface area contributed by atoms with Gasteiger partial charge in [-0.1, -0.05) is 86.6 Å². The second-order valence-corrected chi connectivity index (χ2v) is 7.30. The van der Waals surface area contributed by atoms with Gasteiger partial charge in [-0.3, -0.25) is 0 Å². The van der Waals surface area contributed by atoms with E-state index in [1.807, 2.05) is 0 Å². The van der Waals surface area contributed by atoms with Crippen molar-refractivity contribution in [1.82, 2.24) is 4.98 Å². The lowest BCUT2D eigenvalue weighted by atomic mass is 9.95. The third-order valence-electron chi connectivity index (χ3n) is 5.39. The highest BCUT2D eigenvalue weighted by Crippen LogP contribution is 2.38. The molecule has 0 saturated carbocycles. The lowest BCUT2D eigenvalue weighted by Crippen LogP contribution is -1.91. The molecule has 0 atom stereocenters. The fourth-order valence-electron chi connectivity index (χ4n) is 4.16. The zero-order chi connectivity index (χ0) is 17.7. The summed E-state index contributed by atoms with van der Waals surface area (Å²) in [4.78, 5) is 3.74. The van der Waals surface area contributed by atoms with Gasteiger partial charge in [-0.25, -0.2) is 0 Å². The molecule has 0 aliphatic rings. The summed E-state index contributed by atoms with van der Waals surface area (Å²) in [5.74, 6) is 0.492. The van der Waals surface area contributed by atoms with Crippen molar-refractivity contribution in [3.8, 4) is 11.3 Å². The predicted octanol–water partition coefficient (Wildman–Crippen LogP) is 7.26. The quantitative estimate of drug-likeness (QED) is 0.327. The van der Waals surface area contributed by atoms with E-state index in [1.165, 1.54) is 49.3 Å². The molecule has 1 N–H and O–H groups in total. The summed E-state index contributed by atoms with van der Waals surface area (Å²) >= 11 is 0. The van der Waals surface area contributed by atoms with Gasteiger partial charge in [0.25, 0.3) is 0 Å². The Morgan fingerprint density at radius 1 is 0.615 bits per heavy atom. The zero-order valence-electron chi connectivity index (χ0n) is 15.1. The van der Waals surface area contributed by atoms with E-state index in [1.54, 1.807) is 0 Å². The highest BCUT2D eigenvalue weighted by atomic mass is 14.7. The molecule has 1 nitrogen and oxygen atoms in total. The molecule has 0 aliphatic heterocycles. The van der Waals surface area contributed by atoms with Gasteiger partial charge in [0.1, 0.15) is 0 Å². The first kappa shape index (κ1) is 15.2. The van der Waals surface area contributed by atoms with Gasteiger partial charge >= 0.3 is 0 Å². The van der Waals surface area contributed by atoms with Crippen LogP contribution in [0.15, 0.2) is 78.9 Å². The number of rotatable bonds is 2. The Labute approximate surface area is 153 Å². The van der Waals surface area contributed by atoms with Gasteiger partial charge in [-0.05, 0) is 33.7 Å². The Balaban J connectivity index is 1.92. The van der Waals surface area contributed by atoms with E-state index in [2.05, 4.69) is 97.7 Å². The molecule has 0 fully saturated rings. The molecule has 0 unspecified atom stereocenters. The summed E-state index contributed by atoms with van der Waals surface area (Å²) in [5.41, 5.74) is 5.11. The molecule has 4 aromatic carbocycles. The second kappa shape index (κ2) is 5.74. The summed E-state index contributed by atoms with van der Waals surface area (Å²) in [7, 11) is 0. The van der Waals surface area contributed by atoms with Crippen LogP contribution in [0.2, 0.25) is 0 Å². The van der Waals surface area contributed by atoms with Crippen molar-refractivity contribution in [2.45, 2.75) is 19.8 Å². The number of H-pyrrole nitrogens is 1. The maximum Gasteiger partial charge on any atom is 0.0544 e. The summed E-state index contributed by atoms with van der Waals surface area (Å²) in [6.07, 6.45) is 0. The van der Waals surface area contributed by atoms with Crippen LogP contribution in [-0.4, -0.2) is 4.98 Å². The Morgan fingerprint density at radius 3 is 1.85 bits per heavy atom. The molecular weight excluding hydrogens is 314 g/mol. The van der Waals surface area contributed by atoms with Crippen LogP contribution in [0.25, 0.3) is 43.7 Å². The van der Waals surface area contributed by atoms with Crippen molar-refractivity contribution in [3.63, 3.8) is 0 Å². The summed E-state index contributed by atoms with van der Waals surface area (Å²) in [6, 6.07) is 28.5. The maximum atomic E-state index is 3.74. The van der Waals surface area contributed by atoms with E-state index < -0.39 is 0 Å². The molecule has 5 rings (SSSR count). The van der Waals surface area contributed by atoms with Crippen LogP contribution in [-0.2, 0) is 0 Å². The number of hydrogen-bond donors (Lipinski definition) is 1. The average molecular weight is 335 g/mol. The maximum absolute atomic E-state index is 3.74. The third kappa shape index (κ3) is 2.17. The van der Waals surface area contributed by atoms with E-state index in [9.17, 15) is 0 Å². The van der Waals surface area contributed by atoms with Crippen molar-refractivity contribution in [3.05, 3.63) is 84.4 Å². The molecule has 0 radical (unpaired) electrons. The average Bonchev–Trinajstić information content (AvgIpc) is 3.14. The minimum Gasteiger partial charge on any atom is -0.354 e. The molecule has 1 heteroatoms. The van der Waals surface area contributed by atoms with E-state index in [0.717, 1.165) is 0 Å². The number of fused-ring (bicyclic) bond motifs is 6. The smallest absolute Gasteiger partial charge is 0.0544 e. The van der Waals surface area contributed by atoms with Crippen LogP contribution in [0, 0.1) is 0 Å². The number of nitrogens with one attached hydrogen (secondary N) is 1. The number of aromatic amines is 1. The molecule has 0 saturated heterocycles. The van der Waals surface area contributed by atoms with E-state index in [0.29, 0.717) is 5.92 Å². The lowest BCUT2D eigenvalue weighted by molar-refractivity contribution is 0.868. The highest BCUT2D eigenvalue weighted by molar-refractivity contribution is 6.25. The van der Waals surface area contributed by atoms with Gasteiger partial charge in [0, 0.05) is 22.0 Å². The highest BCUT2D eigenvalue weighted by Gasteiger charge is 2.14. The Morgan fingerprint density at radius 2 is 1.15 bits per heavy atom. The Hall–Kier alpha value is -3.06. The van der Waals surface area contributed by atoms with Crippen LogP contribution < -0.4 is 0 Å². The third-order valence-corrected chi connectivity index (χ3v) is 5.39. The molecule has 1 heterocycles. The van der Waals surface area contributed by atoms with E-state index >= 15 is 0 Å². The standard InChI is InChI=1S/C25H21N/c1-16(2)17-9-3-7-13-21(17)24-15-23-20-12-5-4-10-18(20)19-11-6-8-14-22(19)25(23)26-24/h3-16,26H,1-2H3. The molecule has 0 spiro atoms. The lowest BCUT2D eigenvalue weighted by Gasteiger charge is -2.11. The van der Waals surface area contributed by atoms with Crippen molar-refractivity contribution in [2.75, 3.05) is 0 Å². The minimum atomic E-state index is 0.492. The van der Waals surface area contributed by atoms with Crippen LogP contribution in [0.1, 0.15) is 25.3 Å². The first-order chi connectivity index (χ1) is 12.7. The number of hydrogen-bond acceptors (Lipinski definition) is 0. The van der Waals surface area contributed by atoms with Crippen LogP contribution in [0.4, 0.5) is 0 Å². The first-order valence-corrected chi connectivity index (χ1v) is 9.25. The van der Waals surface area contributed by atoms with Gasteiger partial charge < -0.3 is 4.98 Å². The largest absolute Gasteiger partial charge is 0.354 e. The van der Waals surface area contributed by atoms with Crippen molar-refractivity contribution in [1.29, 1.82) is 0 Å². The van der Waals surface area contributed by atoms with Gasteiger partial charge in [-0.2, -0.15) is 0 Å². The SMILES string of the molecule is CC(C)c1ccccc1-c1cc2c3ccccc3c3ccccc3c2[nH]1. The monoisotopic (exact) mass is 335 g/mol. The summed E-state index contributed by atoms with van der Waals surface area (Å²) < 4.78 is 0. The van der Waals surface area contributed by atoms with Crippen LogP contribution in [0.5, 0.6) is 0 Å². The Bertz CT molecular complexity index is 1180. The normalized spacial score (nSPS) is 11.8. The zero-order valence-corrected chi connectivity index (χ0v) is 15.1. The van der Waals surface area contributed by atoms with Crippen molar-refractivity contribution >= 4 is 32.4 Å². The molecule has 126 valence electrons. The summed E-state index contributed by atoms with van der Waals surface area (Å²) in [5, 5.41) is 6.52. The minimum absolute atomic E-state index is 0.492. The fourth-order valence-corrected chi connectivity index (χ4v) is 4.16. The summed E-state index contributed by atoms with van der Waals surface area (Å²) in [6.45, 7) is 4.51. The molecular formula is C25H21N. The molecule has 5 aromatic rings. The van der Waals surface area contributed by atoms with Gasteiger partial charge in [-0.15, -0.1) is 0 Å². The number of aromatic nitrogens is 1. The molecule has 26 heavy (non-hydrogen) atoms. The van der Waals surface area contributed by atoms with E-state index in [4.69, 9.17) is 0 Å².